The van der Waals surface area contributed by atoms with Gasteiger partial charge in [0.15, 0.2) is 11.5 Å². The summed E-state index contributed by atoms with van der Waals surface area (Å²) in [5.41, 5.74) is 4.36. The molecule has 3 heterocycles. The van der Waals surface area contributed by atoms with Gasteiger partial charge in [-0.1, -0.05) is 30.3 Å². The number of nitrogens with zero attached hydrogens (tertiary/aromatic N) is 6. The van der Waals surface area contributed by atoms with Crippen molar-refractivity contribution in [2.24, 2.45) is 0 Å². The van der Waals surface area contributed by atoms with Crippen molar-refractivity contribution < 1.29 is 9.59 Å². The molecule has 0 atom stereocenters. The van der Waals surface area contributed by atoms with Crippen LogP contribution in [0.25, 0.3) is 16.7 Å². The lowest BCUT2D eigenvalue weighted by atomic mass is 10.1. The van der Waals surface area contributed by atoms with Crippen LogP contribution in [0.4, 0.5) is 11.5 Å². The molecule has 6 rings (SSSR count). The van der Waals surface area contributed by atoms with E-state index in [1.807, 2.05) is 66.7 Å². The molecule has 36 heavy (non-hydrogen) atoms. The van der Waals surface area contributed by atoms with Crippen LogP contribution < -0.4 is 5.32 Å². The Balaban J connectivity index is 1.13. The van der Waals surface area contributed by atoms with E-state index >= 15 is 0 Å². The van der Waals surface area contributed by atoms with Crippen molar-refractivity contribution >= 4 is 40.0 Å². The van der Waals surface area contributed by atoms with Gasteiger partial charge in [0.05, 0.1) is 11.0 Å². The van der Waals surface area contributed by atoms with Crippen LogP contribution in [0.15, 0.2) is 85.2 Å². The highest BCUT2D eigenvalue weighted by Gasteiger charge is 2.25. The van der Waals surface area contributed by atoms with E-state index in [4.69, 9.17) is 4.98 Å². The van der Waals surface area contributed by atoms with Gasteiger partial charge in [-0.05, 0) is 48.5 Å². The van der Waals surface area contributed by atoms with E-state index in [9.17, 15) is 9.59 Å². The number of fused-ring (bicyclic) bond motifs is 3. The predicted molar refractivity (Wildman–Crippen MR) is 136 cm³/mol. The van der Waals surface area contributed by atoms with Crippen LogP contribution in [-0.2, 0) is 0 Å². The molecule has 2 aromatic heterocycles. The molecule has 0 radical (unpaired) electrons. The second kappa shape index (κ2) is 9.10. The molecule has 0 saturated carbocycles. The van der Waals surface area contributed by atoms with Crippen LogP contribution in [0.2, 0.25) is 0 Å². The molecular weight excluding hydrogens is 454 g/mol. The SMILES string of the molecule is O=C(c1ccccc1)N1CCN(C(=O)c2ccc(Nc3nc4ccccc4n4ncnc34)cc2)CC1. The molecule has 1 saturated heterocycles. The number of anilines is 2. The number of aromatic nitrogens is 4. The number of amides is 2. The zero-order valence-corrected chi connectivity index (χ0v) is 19.4. The normalized spacial score (nSPS) is 13.8. The van der Waals surface area contributed by atoms with Crippen LogP contribution in [0.3, 0.4) is 0 Å². The number of carbonyl (C=O) groups excluding carboxylic acids is 2. The smallest absolute Gasteiger partial charge is 0.253 e. The number of rotatable bonds is 4. The number of hydrogen-bond donors (Lipinski definition) is 1. The molecule has 0 spiro atoms. The molecule has 5 aromatic rings. The molecule has 0 bridgehead atoms. The van der Waals surface area contributed by atoms with Crippen LogP contribution in [0.1, 0.15) is 20.7 Å². The van der Waals surface area contributed by atoms with E-state index < -0.39 is 0 Å². The van der Waals surface area contributed by atoms with Gasteiger partial charge in [0.1, 0.15) is 6.33 Å². The van der Waals surface area contributed by atoms with Crippen LogP contribution in [0.5, 0.6) is 0 Å². The van der Waals surface area contributed by atoms with Crippen molar-refractivity contribution in [3.63, 3.8) is 0 Å². The third kappa shape index (κ3) is 4.00. The van der Waals surface area contributed by atoms with Gasteiger partial charge in [0, 0.05) is 43.0 Å². The maximum absolute atomic E-state index is 13.1. The fourth-order valence-electron chi connectivity index (χ4n) is 4.46. The molecule has 3 aromatic carbocycles. The van der Waals surface area contributed by atoms with E-state index in [2.05, 4.69) is 15.4 Å². The Morgan fingerprint density at radius 2 is 1.33 bits per heavy atom. The average molecular weight is 478 g/mol. The van der Waals surface area contributed by atoms with Gasteiger partial charge in [-0.2, -0.15) is 5.10 Å². The summed E-state index contributed by atoms with van der Waals surface area (Å²) in [6.07, 6.45) is 1.50. The van der Waals surface area contributed by atoms with E-state index in [1.54, 1.807) is 26.4 Å². The van der Waals surface area contributed by atoms with Crippen molar-refractivity contribution in [2.45, 2.75) is 0 Å². The Kier molecular flexibility index (Phi) is 5.49. The van der Waals surface area contributed by atoms with Crippen LogP contribution >= 0.6 is 0 Å². The van der Waals surface area contributed by atoms with E-state index in [-0.39, 0.29) is 11.8 Å². The highest BCUT2D eigenvalue weighted by Crippen LogP contribution is 2.23. The Morgan fingerprint density at radius 3 is 2.03 bits per heavy atom. The summed E-state index contributed by atoms with van der Waals surface area (Å²) in [5, 5.41) is 7.62. The lowest BCUT2D eigenvalue weighted by molar-refractivity contribution is 0.0535. The highest BCUT2D eigenvalue weighted by atomic mass is 16.2. The standard InChI is InChI=1S/C27H23N7O2/c35-26(19-6-2-1-3-7-19)32-14-16-33(17-15-32)27(36)20-10-12-21(13-11-20)30-24-25-28-18-29-34(25)23-9-5-4-8-22(23)31-24/h1-13,18H,14-17H2,(H,30,31). The molecule has 178 valence electrons. The number of piperazine rings is 1. The third-order valence-corrected chi connectivity index (χ3v) is 6.37. The van der Waals surface area contributed by atoms with Crippen molar-refractivity contribution in [1.82, 2.24) is 29.4 Å². The molecule has 1 fully saturated rings. The fourth-order valence-corrected chi connectivity index (χ4v) is 4.46. The molecule has 0 unspecified atom stereocenters. The first-order chi connectivity index (χ1) is 17.7. The largest absolute Gasteiger partial charge is 0.337 e. The minimum absolute atomic E-state index is 0.00205. The quantitative estimate of drug-likeness (QED) is 0.425. The summed E-state index contributed by atoms with van der Waals surface area (Å²) in [4.78, 5) is 38.4. The molecule has 9 heteroatoms. The van der Waals surface area contributed by atoms with Crippen molar-refractivity contribution in [2.75, 3.05) is 31.5 Å². The first-order valence-corrected chi connectivity index (χ1v) is 11.8. The Hall–Kier alpha value is -4.79. The second-order valence-electron chi connectivity index (χ2n) is 8.60. The molecule has 0 aliphatic carbocycles. The van der Waals surface area contributed by atoms with Gasteiger partial charge in [-0.25, -0.2) is 14.5 Å². The zero-order valence-electron chi connectivity index (χ0n) is 19.4. The summed E-state index contributed by atoms with van der Waals surface area (Å²) < 4.78 is 1.75. The fraction of sp³-hybridized carbons (Fsp3) is 0.148. The van der Waals surface area contributed by atoms with Crippen LogP contribution in [-0.4, -0.2) is 67.4 Å². The van der Waals surface area contributed by atoms with Gasteiger partial charge < -0.3 is 15.1 Å². The highest BCUT2D eigenvalue weighted by molar-refractivity contribution is 5.96. The van der Waals surface area contributed by atoms with Gasteiger partial charge in [0.2, 0.25) is 0 Å². The Labute approximate surface area is 207 Å². The van der Waals surface area contributed by atoms with Gasteiger partial charge in [0.25, 0.3) is 11.8 Å². The van der Waals surface area contributed by atoms with E-state index in [0.29, 0.717) is 48.8 Å². The number of para-hydroxylation sites is 2. The molecular formula is C27H23N7O2. The minimum Gasteiger partial charge on any atom is -0.337 e. The van der Waals surface area contributed by atoms with E-state index in [0.717, 1.165) is 16.7 Å². The topological polar surface area (TPSA) is 95.7 Å². The monoisotopic (exact) mass is 477 g/mol. The molecule has 9 nitrogen and oxygen atoms in total. The maximum atomic E-state index is 13.1. The summed E-state index contributed by atoms with van der Waals surface area (Å²) >= 11 is 0. The summed E-state index contributed by atoms with van der Waals surface area (Å²) in [7, 11) is 0. The predicted octanol–water partition coefficient (Wildman–Crippen LogP) is 3.62. The lowest BCUT2D eigenvalue weighted by Gasteiger charge is -2.35. The number of hydrogen-bond acceptors (Lipinski definition) is 6. The van der Waals surface area contributed by atoms with Gasteiger partial charge in [-0.3, -0.25) is 9.59 Å². The van der Waals surface area contributed by atoms with E-state index in [1.165, 1.54) is 6.33 Å². The number of nitrogens with one attached hydrogen (secondary N) is 1. The Bertz CT molecular complexity index is 1560. The summed E-state index contributed by atoms with van der Waals surface area (Å²) in [5.74, 6) is 0.545. The summed E-state index contributed by atoms with van der Waals surface area (Å²) in [6.45, 7) is 2.04. The minimum atomic E-state index is -0.0444. The average Bonchev–Trinajstić information content (AvgIpc) is 3.44. The zero-order chi connectivity index (χ0) is 24.5. The molecule has 1 aliphatic rings. The Morgan fingerprint density at radius 1 is 0.722 bits per heavy atom. The third-order valence-electron chi connectivity index (χ3n) is 6.37. The summed E-state index contributed by atoms with van der Waals surface area (Å²) in [6, 6.07) is 24.3. The number of benzene rings is 3. The van der Waals surface area contributed by atoms with Crippen molar-refractivity contribution in [1.29, 1.82) is 0 Å². The second-order valence-corrected chi connectivity index (χ2v) is 8.60. The molecule has 1 aliphatic heterocycles. The lowest BCUT2D eigenvalue weighted by Crippen LogP contribution is -2.50. The van der Waals surface area contributed by atoms with Crippen LogP contribution in [0, 0.1) is 0 Å². The first-order valence-electron chi connectivity index (χ1n) is 11.8. The first kappa shape index (κ1) is 21.7. The van der Waals surface area contributed by atoms with Crippen molar-refractivity contribution in [3.05, 3.63) is 96.3 Å². The molecule has 2 amide bonds. The molecule has 1 N–H and O–H groups in total. The van der Waals surface area contributed by atoms with Gasteiger partial charge in [-0.15, -0.1) is 0 Å². The maximum Gasteiger partial charge on any atom is 0.253 e. The number of carbonyl (C=O) groups is 2. The van der Waals surface area contributed by atoms with Crippen molar-refractivity contribution in [3.8, 4) is 0 Å². The van der Waals surface area contributed by atoms with Gasteiger partial charge >= 0.3 is 0 Å².